The van der Waals surface area contributed by atoms with Crippen molar-refractivity contribution in [3.8, 4) is 0 Å². The number of hydrogen-bond donors (Lipinski definition) is 2. The van der Waals surface area contributed by atoms with Crippen LogP contribution < -0.4 is 5.48 Å². The number of benzene rings is 1. The van der Waals surface area contributed by atoms with Gasteiger partial charge in [-0.15, -0.1) is 0 Å². The van der Waals surface area contributed by atoms with Crippen LogP contribution in [0.3, 0.4) is 0 Å². The molecule has 0 unspecified atom stereocenters. The molecule has 0 spiro atoms. The van der Waals surface area contributed by atoms with Crippen molar-refractivity contribution in [1.82, 2.24) is 5.48 Å². The van der Waals surface area contributed by atoms with Gasteiger partial charge in [0.05, 0.1) is 6.61 Å². The predicted octanol–water partition coefficient (Wildman–Crippen LogP) is 1.10. The second-order valence-corrected chi connectivity index (χ2v) is 3.34. The first-order valence-corrected chi connectivity index (χ1v) is 4.64. The zero-order valence-electron chi connectivity index (χ0n) is 8.06. The number of rotatable bonds is 3. The number of nitrogens with one attached hydrogen (secondary N) is 1. The van der Waals surface area contributed by atoms with Gasteiger partial charge in [0.15, 0.2) is 0 Å². The molecule has 0 saturated heterocycles. The number of aliphatic carboxylic acids is 1. The number of carboxylic acids is 1. The summed E-state index contributed by atoms with van der Waals surface area (Å²) in [6.07, 6.45) is 0.607. The van der Waals surface area contributed by atoms with Crippen molar-refractivity contribution in [3.05, 3.63) is 47.2 Å². The first-order chi connectivity index (χ1) is 7.27. The Balaban J connectivity index is 2.18. The predicted molar refractivity (Wildman–Crippen MR) is 53.9 cm³/mol. The Hall–Kier alpha value is -1.81. The van der Waals surface area contributed by atoms with Crippen LogP contribution in [0.1, 0.15) is 5.56 Å². The molecule has 1 aliphatic rings. The van der Waals surface area contributed by atoms with Crippen LogP contribution in [0.25, 0.3) is 0 Å². The summed E-state index contributed by atoms with van der Waals surface area (Å²) in [5.74, 6) is -0.974. The van der Waals surface area contributed by atoms with Crippen molar-refractivity contribution in [3.63, 3.8) is 0 Å². The van der Waals surface area contributed by atoms with Gasteiger partial charge in [0, 0.05) is 0 Å². The van der Waals surface area contributed by atoms with E-state index in [-0.39, 0.29) is 5.70 Å². The molecule has 2 N–H and O–H groups in total. The molecule has 0 atom stereocenters. The molecule has 78 valence electrons. The fourth-order valence-corrected chi connectivity index (χ4v) is 1.52. The van der Waals surface area contributed by atoms with Crippen molar-refractivity contribution in [2.75, 3.05) is 6.61 Å². The minimum Gasteiger partial charge on any atom is -0.477 e. The lowest BCUT2D eigenvalue weighted by molar-refractivity contribution is -0.134. The van der Waals surface area contributed by atoms with Crippen LogP contribution in [0.15, 0.2) is 41.6 Å². The second-order valence-electron chi connectivity index (χ2n) is 3.34. The highest BCUT2D eigenvalue weighted by molar-refractivity contribution is 5.87. The Morgan fingerprint density at radius 2 is 2.13 bits per heavy atom. The van der Waals surface area contributed by atoms with Gasteiger partial charge in [-0.3, -0.25) is 10.3 Å². The minimum absolute atomic E-state index is 0.166. The number of hydroxylamine groups is 1. The fourth-order valence-electron chi connectivity index (χ4n) is 1.52. The van der Waals surface area contributed by atoms with Crippen LogP contribution >= 0.6 is 0 Å². The van der Waals surface area contributed by atoms with Gasteiger partial charge in [-0.05, 0) is 17.6 Å². The highest BCUT2D eigenvalue weighted by Gasteiger charge is 2.20. The second kappa shape index (κ2) is 4.14. The van der Waals surface area contributed by atoms with E-state index in [1.807, 2.05) is 30.3 Å². The molecule has 0 fully saturated rings. The lowest BCUT2D eigenvalue weighted by Gasteiger charge is -2.01. The van der Waals surface area contributed by atoms with Crippen LogP contribution in [0.5, 0.6) is 0 Å². The van der Waals surface area contributed by atoms with Crippen LogP contribution in [0.4, 0.5) is 0 Å². The lowest BCUT2D eigenvalue weighted by atomic mass is 10.0. The zero-order valence-corrected chi connectivity index (χ0v) is 8.06. The van der Waals surface area contributed by atoms with E-state index in [1.54, 1.807) is 0 Å². The topological polar surface area (TPSA) is 58.6 Å². The third-order valence-electron chi connectivity index (χ3n) is 2.25. The molecular formula is C11H11NO3. The van der Waals surface area contributed by atoms with Gasteiger partial charge < -0.3 is 5.11 Å². The lowest BCUT2D eigenvalue weighted by Crippen LogP contribution is -2.14. The molecule has 0 saturated carbocycles. The first-order valence-electron chi connectivity index (χ1n) is 4.64. The van der Waals surface area contributed by atoms with E-state index < -0.39 is 5.97 Å². The van der Waals surface area contributed by atoms with Crippen molar-refractivity contribution in [1.29, 1.82) is 0 Å². The van der Waals surface area contributed by atoms with E-state index in [4.69, 9.17) is 9.94 Å². The molecule has 1 aromatic carbocycles. The van der Waals surface area contributed by atoms with Crippen molar-refractivity contribution < 1.29 is 14.7 Å². The van der Waals surface area contributed by atoms with E-state index in [0.29, 0.717) is 13.0 Å². The molecule has 1 heterocycles. The van der Waals surface area contributed by atoms with Crippen molar-refractivity contribution >= 4 is 5.97 Å². The van der Waals surface area contributed by atoms with Crippen molar-refractivity contribution in [2.45, 2.75) is 6.42 Å². The van der Waals surface area contributed by atoms with E-state index in [1.165, 1.54) is 0 Å². The van der Waals surface area contributed by atoms with E-state index in [0.717, 1.165) is 11.1 Å². The SMILES string of the molecule is O=C(O)C1=C(Cc2ccccc2)CON1. The van der Waals surface area contributed by atoms with E-state index in [9.17, 15) is 4.79 Å². The number of hydrogen-bond acceptors (Lipinski definition) is 3. The summed E-state index contributed by atoms with van der Waals surface area (Å²) < 4.78 is 0. The first kappa shape index (κ1) is 9.73. The van der Waals surface area contributed by atoms with Gasteiger partial charge >= 0.3 is 5.97 Å². The fraction of sp³-hybridized carbons (Fsp3) is 0.182. The molecule has 0 amide bonds. The largest absolute Gasteiger partial charge is 0.477 e. The van der Waals surface area contributed by atoms with E-state index in [2.05, 4.69) is 5.48 Å². The number of carboxylic acid groups (broad SMARTS) is 1. The smallest absolute Gasteiger partial charge is 0.354 e. The van der Waals surface area contributed by atoms with E-state index >= 15 is 0 Å². The minimum atomic E-state index is -0.974. The van der Waals surface area contributed by atoms with Crippen LogP contribution in [0.2, 0.25) is 0 Å². The normalized spacial score (nSPS) is 15.2. The third kappa shape index (κ3) is 2.16. The molecule has 4 heteroatoms. The molecular weight excluding hydrogens is 194 g/mol. The highest BCUT2D eigenvalue weighted by atomic mass is 16.7. The van der Waals surface area contributed by atoms with Crippen LogP contribution in [-0.4, -0.2) is 17.7 Å². The average molecular weight is 205 g/mol. The van der Waals surface area contributed by atoms with Gasteiger partial charge in [0.2, 0.25) is 0 Å². The third-order valence-corrected chi connectivity index (χ3v) is 2.25. The quantitative estimate of drug-likeness (QED) is 0.775. The Labute approximate surface area is 87.1 Å². The summed E-state index contributed by atoms with van der Waals surface area (Å²) >= 11 is 0. The van der Waals surface area contributed by atoms with Crippen LogP contribution in [0, 0.1) is 0 Å². The number of carbonyl (C=O) groups is 1. The summed E-state index contributed by atoms with van der Waals surface area (Å²) in [6.45, 7) is 0.330. The summed E-state index contributed by atoms with van der Waals surface area (Å²) in [5.41, 5.74) is 4.43. The Morgan fingerprint density at radius 3 is 2.80 bits per heavy atom. The monoisotopic (exact) mass is 205 g/mol. The van der Waals surface area contributed by atoms with Gasteiger partial charge in [-0.2, -0.15) is 0 Å². The Morgan fingerprint density at radius 1 is 1.40 bits per heavy atom. The molecule has 1 aliphatic heterocycles. The maximum absolute atomic E-state index is 10.8. The Kier molecular flexibility index (Phi) is 2.69. The summed E-state index contributed by atoms with van der Waals surface area (Å²) in [6, 6.07) is 9.72. The molecule has 1 aromatic rings. The standard InChI is InChI=1S/C11H11NO3/c13-11(14)10-9(7-15-12-10)6-8-4-2-1-3-5-8/h1-5,12H,6-7H2,(H,13,14). The molecule has 0 radical (unpaired) electrons. The molecule has 15 heavy (non-hydrogen) atoms. The maximum atomic E-state index is 10.8. The molecule has 0 aromatic heterocycles. The molecule has 0 bridgehead atoms. The highest BCUT2D eigenvalue weighted by Crippen LogP contribution is 2.15. The van der Waals surface area contributed by atoms with Crippen LogP contribution in [-0.2, 0) is 16.1 Å². The zero-order chi connectivity index (χ0) is 10.7. The summed E-state index contributed by atoms with van der Waals surface area (Å²) in [4.78, 5) is 15.7. The summed E-state index contributed by atoms with van der Waals surface area (Å²) in [5, 5.41) is 8.86. The van der Waals surface area contributed by atoms with Gasteiger partial charge in [0.1, 0.15) is 5.70 Å². The van der Waals surface area contributed by atoms with Crippen molar-refractivity contribution in [2.24, 2.45) is 0 Å². The van der Waals surface area contributed by atoms with Gasteiger partial charge in [-0.1, -0.05) is 30.3 Å². The Bertz CT molecular complexity index is 398. The molecule has 0 aliphatic carbocycles. The molecule has 2 rings (SSSR count). The average Bonchev–Trinajstić information content (AvgIpc) is 2.67. The van der Waals surface area contributed by atoms with Gasteiger partial charge in [-0.25, -0.2) is 4.79 Å². The van der Waals surface area contributed by atoms with Gasteiger partial charge in [0.25, 0.3) is 0 Å². The maximum Gasteiger partial charge on any atom is 0.354 e. The summed E-state index contributed by atoms with van der Waals surface area (Å²) in [7, 11) is 0. The molecule has 4 nitrogen and oxygen atoms in total.